The van der Waals surface area contributed by atoms with Crippen molar-refractivity contribution in [3.05, 3.63) is 65.5 Å². The van der Waals surface area contributed by atoms with Crippen molar-refractivity contribution in [2.45, 2.75) is 13.0 Å². The molecule has 0 atom stereocenters. The zero-order valence-corrected chi connectivity index (χ0v) is 16.8. The van der Waals surface area contributed by atoms with Gasteiger partial charge in [0.05, 0.1) is 0 Å². The van der Waals surface area contributed by atoms with Gasteiger partial charge in [0.2, 0.25) is 0 Å². The highest BCUT2D eigenvalue weighted by Gasteiger charge is 2.23. The van der Waals surface area contributed by atoms with Crippen molar-refractivity contribution in [2.75, 3.05) is 46.4 Å². The van der Waals surface area contributed by atoms with Gasteiger partial charge in [-0.15, -0.1) is 0 Å². The summed E-state index contributed by atoms with van der Waals surface area (Å²) in [5.41, 5.74) is 1.85. The van der Waals surface area contributed by atoms with Crippen LogP contribution < -0.4 is 5.32 Å². The van der Waals surface area contributed by atoms with Crippen molar-refractivity contribution in [2.24, 2.45) is 0 Å². The first-order valence-electron chi connectivity index (χ1n) is 9.97. The van der Waals surface area contributed by atoms with Gasteiger partial charge in [-0.2, -0.15) is 0 Å². The van der Waals surface area contributed by atoms with Crippen LogP contribution in [0.4, 0.5) is 0 Å². The molecule has 1 aliphatic rings. The minimum atomic E-state index is -0.275. The Morgan fingerprint density at radius 3 is 2.45 bits per heavy atom. The normalized spacial score (nSPS) is 14.6. The lowest BCUT2D eigenvalue weighted by Crippen LogP contribution is -2.48. The van der Waals surface area contributed by atoms with Crippen molar-refractivity contribution in [3.63, 3.8) is 0 Å². The number of methoxy groups -OCH3 is 1. The lowest BCUT2D eigenvalue weighted by Gasteiger charge is -2.34. The average molecular weight is 396 g/mol. The van der Waals surface area contributed by atoms with Gasteiger partial charge in [0.15, 0.2) is 0 Å². The summed E-state index contributed by atoms with van der Waals surface area (Å²) in [5.74, 6) is -0.401. The molecule has 1 N–H and O–H groups in total. The van der Waals surface area contributed by atoms with Gasteiger partial charge < -0.3 is 15.0 Å². The number of amides is 2. The molecule has 7 heteroatoms. The van der Waals surface area contributed by atoms with Crippen LogP contribution in [0.1, 0.15) is 33.0 Å². The number of pyridine rings is 1. The number of piperazine rings is 1. The maximum Gasteiger partial charge on any atom is 0.272 e. The third-order valence-corrected chi connectivity index (χ3v) is 4.92. The van der Waals surface area contributed by atoms with Crippen LogP contribution in [0.5, 0.6) is 0 Å². The lowest BCUT2D eigenvalue weighted by atomic mass is 10.2. The Balaban J connectivity index is 1.52. The van der Waals surface area contributed by atoms with Gasteiger partial charge in [0, 0.05) is 53.0 Å². The van der Waals surface area contributed by atoms with Crippen LogP contribution in [0, 0.1) is 0 Å². The second-order valence-electron chi connectivity index (χ2n) is 7.06. The molecule has 0 aliphatic carbocycles. The highest BCUT2D eigenvalue weighted by Crippen LogP contribution is 2.11. The number of ether oxygens (including phenoxy) is 1. The van der Waals surface area contributed by atoms with Crippen LogP contribution in [0.3, 0.4) is 0 Å². The Morgan fingerprint density at radius 2 is 1.72 bits per heavy atom. The van der Waals surface area contributed by atoms with Crippen LogP contribution in [-0.2, 0) is 11.3 Å². The minimum Gasteiger partial charge on any atom is -0.385 e. The molecule has 7 nitrogen and oxygen atoms in total. The third-order valence-electron chi connectivity index (χ3n) is 4.92. The smallest absolute Gasteiger partial charge is 0.272 e. The van der Waals surface area contributed by atoms with E-state index in [2.05, 4.69) is 27.3 Å². The van der Waals surface area contributed by atoms with E-state index in [1.807, 2.05) is 23.1 Å². The molecule has 0 spiro atoms. The third kappa shape index (κ3) is 6.10. The van der Waals surface area contributed by atoms with E-state index in [-0.39, 0.29) is 17.5 Å². The number of hydrogen-bond donors (Lipinski definition) is 1. The van der Waals surface area contributed by atoms with Crippen LogP contribution >= 0.6 is 0 Å². The molecule has 2 amide bonds. The molecule has 1 fully saturated rings. The molecule has 0 unspecified atom stereocenters. The van der Waals surface area contributed by atoms with E-state index >= 15 is 0 Å². The number of aromatic nitrogens is 1. The van der Waals surface area contributed by atoms with E-state index in [1.165, 1.54) is 5.56 Å². The second kappa shape index (κ2) is 10.7. The molecular formula is C22H28N4O3. The van der Waals surface area contributed by atoms with E-state index in [4.69, 9.17) is 4.74 Å². The van der Waals surface area contributed by atoms with Crippen molar-refractivity contribution < 1.29 is 14.3 Å². The summed E-state index contributed by atoms with van der Waals surface area (Å²) < 4.78 is 4.97. The van der Waals surface area contributed by atoms with Crippen molar-refractivity contribution in [1.82, 2.24) is 20.1 Å². The van der Waals surface area contributed by atoms with Crippen molar-refractivity contribution in [1.29, 1.82) is 0 Å². The fourth-order valence-corrected chi connectivity index (χ4v) is 3.30. The predicted octanol–water partition coefficient (Wildman–Crippen LogP) is 1.81. The number of benzene rings is 1. The Labute approximate surface area is 171 Å². The highest BCUT2D eigenvalue weighted by molar-refractivity contribution is 5.96. The topological polar surface area (TPSA) is 74.8 Å². The Kier molecular flexibility index (Phi) is 7.72. The summed E-state index contributed by atoms with van der Waals surface area (Å²) in [6.45, 7) is 4.93. The predicted molar refractivity (Wildman–Crippen MR) is 111 cm³/mol. The largest absolute Gasteiger partial charge is 0.385 e. The van der Waals surface area contributed by atoms with Gasteiger partial charge in [-0.05, 0) is 24.1 Å². The molecule has 0 bridgehead atoms. The summed E-state index contributed by atoms with van der Waals surface area (Å²) in [6.07, 6.45) is 0.730. The zero-order chi connectivity index (χ0) is 20.5. The van der Waals surface area contributed by atoms with Gasteiger partial charge >= 0.3 is 0 Å². The zero-order valence-electron chi connectivity index (χ0n) is 16.8. The van der Waals surface area contributed by atoms with Crippen LogP contribution in [-0.4, -0.2) is 73.0 Å². The summed E-state index contributed by atoms with van der Waals surface area (Å²) in [7, 11) is 1.62. The van der Waals surface area contributed by atoms with E-state index < -0.39 is 0 Å². The number of carbonyl (C=O) groups excluding carboxylic acids is 2. The van der Waals surface area contributed by atoms with E-state index in [0.717, 1.165) is 26.1 Å². The Morgan fingerprint density at radius 1 is 1.00 bits per heavy atom. The van der Waals surface area contributed by atoms with Crippen LogP contribution in [0.25, 0.3) is 0 Å². The number of carbonyl (C=O) groups is 2. The molecule has 0 radical (unpaired) electrons. The highest BCUT2D eigenvalue weighted by atomic mass is 16.5. The molecule has 2 aromatic rings. The monoisotopic (exact) mass is 396 g/mol. The summed E-state index contributed by atoms with van der Waals surface area (Å²) in [6, 6.07) is 15.3. The van der Waals surface area contributed by atoms with Gasteiger partial charge in [-0.3, -0.25) is 14.5 Å². The van der Waals surface area contributed by atoms with Crippen molar-refractivity contribution in [3.8, 4) is 0 Å². The van der Waals surface area contributed by atoms with Gasteiger partial charge in [0.1, 0.15) is 11.4 Å². The molecule has 2 heterocycles. The summed E-state index contributed by atoms with van der Waals surface area (Å²) in [5, 5.41) is 2.80. The number of hydrogen-bond acceptors (Lipinski definition) is 5. The molecule has 3 rings (SSSR count). The number of rotatable bonds is 8. The Bertz CT molecular complexity index is 805. The number of nitrogens with zero attached hydrogens (tertiary/aromatic N) is 3. The molecule has 1 saturated heterocycles. The molecule has 0 saturated carbocycles. The molecular weight excluding hydrogens is 368 g/mol. The maximum absolute atomic E-state index is 12.8. The van der Waals surface area contributed by atoms with Crippen LogP contribution in [0.2, 0.25) is 0 Å². The molecule has 154 valence electrons. The summed E-state index contributed by atoms with van der Waals surface area (Å²) in [4.78, 5) is 33.5. The van der Waals surface area contributed by atoms with Crippen molar-refractivity contribution >= 4 is 11.8 Å². The second-order valence-corrected chi connectivity index (χ2v) is 7.06. The first kappa shape index (κ1) is 21.0. The van der Waals surface area contributed by atoms with E-state index in [9.17, 15) is 9.59 Å². The quantitative estimate of drug-likeness (QED) is 0.689. The van der Waals surface area contributed by atoms with E-state index in [1.54, 1.807) is 25.3 Å². The van der Waals surface area contributed by atoms with Crippen LogP contribution in [0.15, 0.2) is 48.5 Å². The fraction of sp³-hybridized carbons (Fsp3) is 0.409. The van der Waals surface area contributed by atoms with Gasteiger partial charge in [0.25, 0.3) is 11.8 Å². The first-order chi connectivity index (χ1) is 14.2. The van der Waals surface area contributed by atoms with Gasteiger partial charge in [-0.1, -0.05) is 36.4 Å². The minimum absolute atomic E-state index is 0.126. The summed E-state index contributed by atoms with van der Waals surface area (Å²) >= 11 is 0. The number of nitrogens with one attached hydrogen (secondary N) is 1. The SMILES string of the molecule is COCCCNC(=O)c1cccc(C(=O)N2CCN(Cc3ccccc3)CC2)n1. The Hall–Kier alpha value is -2.77. The first-order valence-corrected chi connectivity index (χ1v) is 9.97. The fourth-order valence-electron chi connectivity index (χ4n) is 3.30. The van der Waals surface area contributed by atoms with Gasteiger partial charge in [-0.25, -0.2) is 4.98 Å². The maximum atomic E-state index is 12.8. The standard InChI is InChI=1S/C22H28N4O3/c1-29-16-6-11-23-21(27)19-9-5-10-20(24-19)22(28)26-14-12-25(13-15-26)17-18-7-3-2-4-8-18/h2-5,7-10H,6,11-17H2,1H3,(H,23,27). The van der Waals surface area contributed by atoms with E-state index in [0.29, 0.717) is 31.9 Å². The molecule has 1 aromatic carbocycles. The molecule has 1 aromatic heterocycles. The average Bonchev–Trinajstić information content (AvgIpc) is 2.77. The molecule has 29 heavy (non-hydrogen) atoms. The molecule has 1 aliphatic heterocycles. The lowest BCUT2D eigenvalue weighted by molar-refractivity contribution is 0.0622.